The van der Waals surface area contributed by atoms with Gasteiger partial charge in [0.05, 0.1) is 11.6 Å². The van der Waals surface area contributed by atoms with Gasteiger partial charge < -0.3 is 10.0 Å². The molecule has 0 fully saturated rings. The first kappa shape index (κ1) is 20.6. The fraction of sp³-hybridized carbons (Fsp3) is 0.0769. The summed E-state index contributed by atoms with van der Waals surface area (Å²) in [5, 5.41) is 11.1. The van der Waals surface area contributed by atoms with Gasteiger partial charge in [-0.1, -0.05) is 96.5 Å². The van der Waals surface area contributed by atoms with Crippen LogP contribution in [0.3, 0.4) is 0 Å². The number of carbonyl (C=O) groups is 2. The van der Waals surface area contributed by atoms with Crippen molar-refractivity contribution in [3.8, 4) is 0 Å². The lowest BCUT2D eigenvalue weighted by atomic mass is 9.95. The third-order valence-electron chi connectivity index (χ3n) is 5.19. The maximum atomic E-state index is 13.1. The van der Waals surface area contributed by atoms with E-state index in [-0.39, 0.29) is 12.1 Å². The van der Waals surface area contributed by atoms with E-state index in [1.54, 1.807) is 30.3 Å². The van der Waals surface area contributed by atoms with E-state index in [4.69, 9.17) is 11.6 Å². The van der Waals surface area contributed by atoms with Crippen LogP contribution in [0.4, 0.5) is 0 Å². The zero-order valence-electron chi connectivity index (χ0n) is 16.6. The number of halogens is 1. The largest absolute Gasteiger partial charge is 0.503 e. The van der Waals surface area contributed by atoms with E-state index in [0.29, 0.717) is 10.6 Å². The van der Waals surface area contributed by atoms with E-state index in [9.17, 15) is 14.7 Å². The molecular formula is C26H20ClNO3. The van der Waals surface area contributed by atoms with Gasteiger partial charge in [-0.25, -0.2) is 0 Å². The van der Waals surface area contributed by atoms with E-state index < -0.39 is 23.5 Å². The van der Waals surface area contributed by atoms with Crippen LogP contribution in [0.2, 0.25) is 5.02 Å². The Kier molecular flexibility index (Phi) is 6.01. The van der Waals surface area contributed by atoms with Crippen LogP contribution in [0.15, 0.2) is 102 Å². The zero-order chi connectivity index (χ0) is 21.8. The number of hydrogen-bond donors (Lipinski definition) is 1. The summed E-state index contributed by atoms with van der Waals surface area (Å²) in [5.74, 6) is -1.57. The maximum Gasteiger partial charge on any atom is 0.290 e. The Hall–Kier alpha value is -3.63. The van der Waals surface area contributed by atoms with Crippen LogP contribution >= 0.6 is 11.6 Å². The van der Waals surface area contributed by atoms with Gasteiger partial charge in [-0.3, -0.25) is 9.59 Å². The molecular weight excluding hydrogens is 410 g/mol. The van der Waals surface area contributed by atoms with Crippen molar-refractivity contribution < 1.29 is 14.7 Å². The number of nitrogens with zero attached hydrogens (tertiary/aromatic N) is 1. The first-order chi connectivity index (χ1) is 15.1. The van der Waals surface area contributed by atoms with E-state index in [2.05, 4.69) is 0 Å². The summed E-state index contributed by atoms with van der Waals surface area (Å²) in [7, 11) is 0. The molecule has 154 valence electrons. The summed E-state index contributed by atoms with van der Waals surface area (Å²) < 4.78 is 0. The minimum atomic E-state index is -0.783. The Bertz CT molecular complexity index is 1170. The van der Waals surface area contributed by atoms with Crippen LogP contribution < -0.4 is 0 Å². The highest BCUT2D eigenvalue weighted by molar-refractivity contribution is 6.31. The smallest absolute Gasteiger partial charge is 0.290 e. The number of rotatable bonds is 6. The standard InChI is InChI=1S/C26H20ClNO3/c27-21-14-8-7-13-20(21)24-23(22(29)16-15-18-9-3-1-4-10-18)25(30)26(31)28(24)17-19-11-5-2-6-12-19/h1-16,24,30H,17H2/b16-15+/t24-/m1/s1. The molecule has 0 aliphatic carbocycles. The van der Waals surface area contributed by atoms with Crippen LogP contribution in [0.25, 0.3) is 6.08 Å². The molecule has 0 saturated carbocycles. The summed E-state index contributed by atoms with van der Waals surface area (Å²) >= 11 is 6.44. The lowest BCUT2D eigenvalue weighted by Crippen LogP contribution is -2.30. The highest BCUT2D eigenvalue weighted by atomic mass is 35.5. The Labute approximate surface area is 185 Å². The van der Waals surface area contributed by atoms with Gasteiger partial charge in [0.1, 0.15) is 0 Å². The first-order valence-electron chi connectivity index (χ1n) is 9.86. The molecule has 1 amide bonds. The number of amides is 1. The van der Waals surface area contributed by atoms with Crippen molar-refractivity contribution in [3.63, 3.8) is 0 Å². The summed E-state index contributed by atoms with van der Waals surface area (Å²) in [4.78, 5) is 27.6. The third kappa shape index (κ3) is 4.30. The first-order valence-corrected chi connectivity index (χ1v) is 10.2. The molecule has 0 radical (unpaired) electrons. The molecule has 1 aliphatic rings. The van der Waals surface area contributed by atoms with Crippen LogP contribution in [0.1, 0.15) is 22.7 Å². The average molecular weight is 430 g/mol. The molecule has 0 saturated heterocycles. The number of aliphatic hydroxyl groups excluding tert-OH is 1. The van der Waals surface area contributed by atoms with Crippen molar-refractivity contribution in [2.24, 2.45) is 0 Å². The summed E-state index contributed by atoms with van der Waals surface area (Å²) in [5.41, 5.74) is 2.35. The maximum absolute atomic E-state index is 13.1. The van der Waals surface area contributed by atoms with Crippen LogP contribution in [-0.4, -0.2) is 21.7 Å². The third-order valence-corrected chi connectivity index (χ3v) is 5.54. The second-order valence-electron chi connectivity index (χ2n) is 7.21. The number of aliphatic hydroxyl groups is 1. The molecule has 1 atom stereocenters. The second-order valence-corrected chi connectivity index (χ2v) is 7.62. The molecule has 3 aromatic carbocycles. The van der Waals surface area contributed by atoms with Crippen molar-refractivity contribution in [1.29, 1.82) is 0 Å². The molecule has 0 spiro atoms. The predicted octanol–water partition coefficient (Wildman–Crippen LogP) is 5.52. The fourth-order valence-corrected chi connectivity index (χ4v) is 3.93. The summed E-state index contributed by atoms with van der Waals surface area (Å²) in [6.07, 6.45) is 3.04. The van der Waals surface area contributed by atoms with Gasteiger partial charge in [0.15, 0.2) is 11.5 Å². The van der Waals surface area contributed by atoms with Gasteiger partial charge in [0.25, 0.3) is 5.91 Å². The summed E-state index contributed by atoms with van der Waals surface area (Å²) in [6.45, 7) is 0.235. The lowest BCUT2D eigenvalue weighted by molar-refractivity contribution is -0.130. The quantitative estimate of drug-likeness (QED) is 0.525. The van der Waals surface area contributed by atoms with E-state index in [1.807, 2.05) is 60.7 Å². The lowest BCUT2D eigenvalue weighted by Gasteiger charge is -2.27. The van der Waals surface area contributed by atoms with Crippen molar-refractivity contribution in [2.75, 3.05) is 0 Å². The van der Waals surface area contributed by atoms with Crippen LogP contribution in [0.5, 0.6) is 0 Å². The molecule has 4 rings (SSSR count). The van der Waals surface area contributed by atoms with E-state index in [0.717, 1.165) is 11.1 Å². The van der Waals surface area contributed by atoms with Crippen molar-refractivity contribution >= 4 is 29.4 Å². The van der Waals surface area contributed by atoms with Crippen molar-refractivity contribution in [2.45, 2.75) is 12.6 Å². The Morgan fingerprint density at radius 3 is 2.23 bits per heavy atom. The molecule has 0 bridgehead atoms. The molecule has 0 aromatic heterocycles. The fourth-order valence-electron chi connectivity index (χ4n) is 3.69. The molecule has 5 heteroatoms. The highest BCUT2D eigenvalue weighted by Crippen LogP contribution is 2.41. The predicted molar refractivity (Wildman–Crippen MR) is 121 cm³/mol. The number of allylic oxidation sites excluding steroid dienone is 1. The summed E-state index contributed by atoms with van der Waals surface area (Å²) in [6, 6.07) is 25.1. The molecule has 1 heterocycles. The Morgan fingerprint density at radius 1 is 0.935 bits per heavy atom. The van der Waals surface area contributed by atoms with Gasteiger partial charge in [-0.2, -0.15) is 0 Å². The SMILES string of the molecule is O=C(/C=C/c1ccccc1)C1=C(O)C(=O)N(Cc2ccccc2)[C@@H]1c1ccccc1Cl. The minimum absolute atomic E-state index is 0.0289. The monoisotopic (exact) mass is 429 g/mol. The van der Waals surface area contributed by atoms with Gasteiger partial charge >= 0.3 is 0 Å². The molecule has 4 nitrogen and oxygen atoms in total. The van der Waals surface area contributed by atoms with Crippen molar-refractivity contribution in [1.82, 2.24) is 4.90 Å². The minimum Gasteiger partial charge on any atom is -0.503 e. The van der Waals surface area contributed by atoms with Gasteiger partial charge in [-0.15, -0.1) is 0 Å². The Balaban J connectivity index is 1.74. The highest BCUT2D eigenvalue weighted by Gasteiger charge is 2.43. The number of carbonyl (C=O) groups excluding carboxylic acids is 2. The van der Waals surface area contributed by atoms with Gasteiger partial charge in [0, 0.05) is 11.6 Å². The molecule has 1 aliphatic heterocycles. The van der Waals surface area contributed by atoms with Gasteiger partial charge in [0.2, 0.25) is 0 Å². The number of ketones is 1. The van der Waals surface area contributed by atoms with Gasteiger partial charge in [-0.05, 0) is 28.8 Å². The van der Waals surface area contributed by atoms with Crippen molar-refractivity contribution in [3.05, 3.63) is 124 Å². The topological polar surface area (TPSA) is 57.6 Å². The zero-order valence-corrected chi connectivity index (χ0v) is 17.4. The molecule has 3 aromatic rings. The molecule has 0 unspecified atom stereocenters. The number of benzene rings is 3. The second kappa shape index (κ2) is 9.02. The normalized spacial score (nSPS) is 16.4. The molecule has 1 N–H and O–H groups in total. The van der Waals surface area contributed by atoms with E-state index in [1.165, 1.54) is 11.0 Å². The Morgan fingerprint density at radius 2 is 1.55 bits per heavy atom. The number of hydrogen-bond acceptors (Lipinski definition) is 3. The van der Waals surface area contributed by atoms with Crippen LogP contribution in [-0.2, 0) is 16.1 Å². The van der Waals surface area contributed by atoms with Crippen LogP contribution in [0, 0.1) is 0 Å². The molecule has 31 heavy (non-hydrogen) atoms. The van der Waals surface area contributed by atoms with E-state index >= 15 is 0 Å². The average Bonchev–Trinajstić information content (AvgIpc) is 3.04.